The summed E-state index contributed by atoms with van der Waals surface area (Å²) in [6, 6.07) is 12.3. The first-order valence-corrected chi connectivity index (χ1v) is 11.5. The van der Waals surface area contributed by atoms with Crippen LogP contribution in [-0.4, -0.2) is 28.1 Å². The van der Waals surface area contributed by atoms with Gasteiger partial charge in [0, 0.05) is 11.6 Å². The highest BCUT2D eigenvalue weighted by molar-refractivity contribution is 8.15. The fourth-order valence-corrected chi connectivity index (χ4v) is 5.12. The molecule has 0 aliphatic carbocycles. The molecule has 2 atom stereocenters. The van der Waals surface area contributed by atoms with Gasteiger partial charge in [-0.3, -0.25) is 19.7 Å². The Morgan fingerprint density at radius 1 is 1.16 bits per heavy atom. The molecule has 8 heteroatoms. The second kappa shape index (κ2) is 9.16. The number of carboxylic acid groups (broad SMARTS) is 1. The van der Waals surface area contributed by atoms with Crippen LogP contribution in [0.3, 0.4) is 0 Å². The van der Waals surface area contributed by atoms with E-state index < -0.39 is 11.2 Å². The number of aromatic carboxylic acids is 1. The molecule has 4 rings (SSSR count). The van der Waals surface area contributed by atoms with Crippen LogP contribution in [-0.2, 0) is 22.6 Å². The number of benzene rings is 2. The van der Waals surface area contributed by atoms with Crippen molar-refractivity contribution in [2.45, 2.75) is 44.4 Å². The summed E-state index contributed by atoms with van der Waals surface area (Å²) >= 11 is 0.952. The van der Waals surface area contributed by atoms with Crippen molar-refractivity contribution < 1.29 is 24.3 Å². The molecule has 2 aromatic carbocycles. The summed E-state index contributed by atoms with van der Waals surface area (Å²) in [6.07, 6.45) is 3.15. The molecule has 0 radical (unpaired) electrons. The number of carboxylic acids is 1. The standard InChI is InChI=1S/C24H24N2O5S/c1-2-3-17-10-8-15-9-11-18(23(29)30)12-19(15)26(22(17)28)13-14-4-6-16(7-5-14)20-21(27)25-24(31)32-20/h4-7,9,11-12,17,20H,2-3,8,10,13H2,1H3,(H,29,30)(H,25,27,31). The molecule has 2 aliphatic heterocycles. The quantitative estimate of drug-likeness (QED) is 0.677. The third-order valence-electron chi connectivity index (χ3n) is 5.95. The Labute approximate surface area is 190 Å². The lowest BCUT2D eigenvalue weighted by atomic mass is 9.96. The molecule has 2 heterocycles. The molecule has 166 valence electrons. The van der Waals surface area contributed by atoms with Crippen molar-refractivity contribution in [2.24, 2.45) is 5.92 Å². The first-order chi connectivity index (χ1) is 15.4. The van der Waals surface area contributed by atoms with Gasteiger partial charge >= 0.3 is 5.97 Å². The maximum Gasteiger partial charge on any atom is 0.335 e. The normalized spacial score (nSPS) is 20.7. The van der Waals surface area contributed by atoms with E-state index in [0.29, 0.717) is 12.2 Å². The van der Waals surface area contributed by atoms with Crippen LogP contribution in [0.25, 0.3) is 0 Å². The number of hydrogen-bond acceptors (Lipinski definition) is 5. The fourth-order valence-electron chi connectivity index (χ4n) is 4.29. The maximum absolute atomic E-state index is 13.4. The van der Waals surface area contributed by atoms with Crippen LogP contribution in [0.2, 0.25) is 0 Å². The highest BCUT2D eigenvalue weighted by Gasteiger charge is 2.33. The van der Waals surface area contributed by atoms with E-state index >= 15 is 0 Å². The highest BCUT2D eigenvalue weighted by atomic mass is 32.2. The number of amides is 3. The number of aryl methyl sites for hydroxylation is 1. The number of carbonyl (C=O) groups excluding carboxylic acids is 3. The summed E-state index contributed by atoms with van der Waals surface area (Å²) in [7, 11) is 0. The van der Waals surface area contributed by atoms with Gasteiger partial charge in [0.15, 0.2) is 0 Å². The van der Waals surface area contributed by atoms with Gasteiger partial charge in [0.05, 0.1) is 12.1 Å². The zero-order chi connectivity index (χ0) is 22.8. The number of carbonyl (C=O) groups is 4. The van der Waals surface area contributed by atoms with Crippen LogP contribution in [0.4, 0.5) is 10.5 Å². The van der Waals surface area contributed by atoms with Crippen LogP contribution in [0.5, 0.6) is 0 Å². The molecular formula is C24H24N2O5S. The largest absolute Gasteiger partial charge is 0.478 e. The second-order valence-corrected chi connectivity index (χ2v) is 9.19. The third-order valence-corrected chi connectivity index (χ3v) is 6.99. The molecule has 2 N–H and O–H groups in total. The van der Waals surface area contributed by atoms with Gasteiger partial charge in [-0.05, 0) is 59.8 Å². The van der Waals surface area contributed by atoms with Crippen LogP contribution < -0.4 is 10.2 Å². The monoisotopic (exact) mass is 452 g/mol. The van der Waals surface area contributed by atoms with E-state index in [1.54, 1.807) is 29.2 Å². The van der Waals surface area contributed by atoms with Crippen molar-refractivity contribution >= 4 is 40.5 Å². The van der Waals surface area contributed by atoms with Crippen molar-refractivity contribution in [1.29, 1.82) is 0 Å². The lowest BCUT2D eigenvalue weighted by molar-refractivity contribution is -0.123. The van der Waals surface area contributed by atoms with E-state index in [0.717, 1.165) is 54.1 Å². The summed E-state index contributed by atoms with van der Waals surface area (Å²) in [5.74, 6) is -1.45. The molecule has 0 bridgehead atoms. The average molecular weight is 453 g/mol. The van der Waals surface area contributed by atoms with E-state index in [2.05, 4.69) is 12.2 Å². The van der Waals surface area contributed by atoms with Crippen molar-refractivity contribution in [3.63, 3.8) is 0 Å². The summed E-state index contributed by atoms with van der Waals surface area (Å²) in [6.45, 7) is 2.36. The first-order valence-electron chi connectivity index (χ1n) is 10.6. The Bertz CT molecular complexity index is 1080. The molecule has 2 aromatic rings. The summed E-state index contributed by atoms with van der Waals surface area (Å²) in [4.78, 5) is 50.1. The Hall–Kier alpha value is -3.13. The SMILES string of the molecule is CCCC1CCc2ccc(C(=O)O)cc2N(Cc2ccc(C3SC(=O)NC3=O)cc2)C1=O. The van der Waals surface area contributed by atoms with Crippen LogP contribution >= 0.6 is 11.8 Å². The number of imide groups is 1. The zero-order valence-electron chi connectivity index (χ0n) is 17.7. The second-order valence-electron chi connectivity index (χ2n) is 8.11. The summed E-state index contributed by atoms with van der Waals surface area (Å²) in [5.41, 5.74) is 3.35. The minimum atomic E-state index is -1.03. The third kappa shape index (κ3) is 4.41. The number of rotatable bonds is 6. The molecule has 3 amide bonds. The van der Waals surface area contributed by atoms with Gasteiger partial charge in [-0.15, -0.1) is 0 Å². The van der Waals surface area contributed by atoms with Gasteiger partial charge in [-0.2, -0.15) is 0 Å². The summed E-state index contributed by atoms with van der Waals surface area (Å²) in [5, 5.41) is 10.8. The first kappa shape index (κ1) is 22.1. The zero-order valence-corrected chi connectivity index (χ0v) is 18.5. The molecule has 2 unspecified atom stereocenters. The molecular weight excluding hydrogens is 428 g/mol. The molecule has 0 spiro atoms. The fraction of sp³-hybridized carbons (Fsp3) is 0.333. The topological polar surface area (TPSA) is 104 Å². The highest BCUT2D eigenvalue weighted by Crippen LogP contribution is 2.36. The summed E-state index contributed by atoms with van der Waals surface area (Å²) < 4.78 is 0. The van der Waals surface area contributed by atoms with E-state index in [4.69, 9.17) is 0 Å². The van der Waals surface area contributed by atoms with E-state index in [-0.39, 0.29) is 28.5 Å². The van der Waals surface area contributed by atoms with E-state index in [1.807, 2.05) is 18.2 Å². The number of anilines is 1. The van der Waals surface area contributed by atoms with Gasteiger partial charge in [0.1, 0.15) is 5.25 Å². The molecule has 32 heavy (non-hydrogen) atoms. The maximum atomic E-state index is 13.4. The Balaban J connectivity index is 1.64. The van der Waals surface area contributed by atoms with Crippen molar-refractivity contribution in [2.75, 3.05) is 4.90 Å². The lowest BCUT2D eigenvalue weighted by Gasteiger charge is -2.26. The molecule has 1 saturated heterocycles. The van der Waals surface area contributed by atoms with Gasteiger partial charge in [-0.1, -0.05) is 43.7 Å². The minimum absolute atomic E-state index is 0.00791. The molecule has 2 aliphatic rings. The van der Waals surface area contributed by atoms with Crippen LogP contribution in [0, 0.1) is 5.92 Å². The average Bonchev–Trinajstić information content (AvgIpc) is 3.06. The predicted octanol–water partition coefficient (Wildman–Crippen LogP) is 4.30. The van der Waals surface area contributed by atoms with E-state index in [1.165, 1.54) is 0 Å². The molecule has 0 saturated carbocycles. The molecule has 0 aromatic heterocycles. The Morgan fingerprint density at radius 2 is 1.91 bits per heavy atom. The Morgan fingerprint density at radius 3 is 2.53 bits per heavy atom. The van der Waals surface area contributed by atoms with Crippen molar-refractivity contribution in [1.82, 2.24) is 5.32 Å². The number of fused-ring (bicyclic) bond motifs is 1. The van der Waals surface area contributed by atoms with Crippen molar-refractivity contribution in [3.05, 3.63) is 64.7 Å². The number of nitrogens with one attached hydrogen (secondary N) is 1. The lowest BCUT2D eigenvalue weighted by Crippen LogP contribution is -2.35. The van der Waals surface area contributed by atoms with E-state index in [9.17, 15) is 24.3 Å². The number of nitrogens with zero attached hydrogens (tertiary/aromatic N) is 1. The number of hydrogen-bond donors (Lipinski definition) is 2. The number of thioether (sulfide) groups is 1. The van der Waals surface area contributed by atoms with Crippen LogP contribution in [0.1, 0.15) is 58.5 Å². The van der Waals surface area contributed by atoms with Gasteiger partial charge < -0.3 is 10.0 Å². The predicted molar refractivity (Wildman–Crippen MR) is 122 cm³/mol. The molecule has 7 nitrogen and oxygen atoms in total. The minimum Gasteiger partial charge on any atom is -0.478 e. The van der Waals surface area contributed by atoms with Gasteiger partial charge in [0.25, 0.3) is 5.24 Å². The smallest absolute Gasteiger partial charge is 0.335 e. The molecule has 1 fully saturated rings. The van der Waals surface area contributed by atoms with Crippen LogP contribution in [0.15, 0.2) is 42.5 Å². The van der Waals surface area contributed by atoms with Gasteiger partial charge in [-0.25, -0.2) is 4.79 Å². The van der Waals surface area contributed by atoms with Gasteiger partial charge in [0.2, 0.25) is 11.8 Å². The Kier molecular flexibility index (Phi) is 6.32. The van der Waals surface area contributed by atoms with Crippen molar-refractivity contribution in [3.8, 4) is 0 Å².